The van der Waals surface area contributed by atoms with Crippen LogP contribution in [0, 0.1) is 11.8 Å². The highest BCUT2D eigenvalue weighted by atomic mass is 32.2. The number of aromatic hydroxyl groups is 1. The number of hydrogen-bond acceptors (Lipinski definition) is 7. The van der Waals surface area contributed by atoms with E-state index in [1.54, 1.807) is 0 Å². The molecular formula is C23H30O6S. The maximum absolute atomic E-state index is 13.2. The van der Waals surface area contributed by atoms with E-state index in [1.165, 1.54) is 11.8 Å². The first-order valence-electron chi connectivity index (χ1n) is 11.3. The number of unbranched alkanes of at least 4 members (excludes halogenated alkanes) is 1. The monoisotopic (exact) mass is 434 g/mol. The fourth-order valence-corrected chi connectivity index (χ4v) is 6.02. The Hall–Kier alpha value is -1.44. The van der Waals surface area contributed by atoms with Gasteiger partial charge in [-0.25, -0.2) is 0 Å². The zero-order valence-electron chi connectivity index (χ0n) is 17.5. The number of carbonyl (C=O) groups is 1. The number of thioether (sulfide) groups is 1. The van der Waals surface area contributed by atoms with Gasteiger partial charge < -0.3 is 24.1 Å². The van der Waals surface area contributed by atoms with Gasteiger partial charge in [-0.05, 0) is 44.9 Å². The van der Waals surface area contributed by atoms with Gasteiger partial charge in [0.25, 0.3) is 0 Å². The Bertz CT molecular complexity index is 825. The number of carbonyl (C=O) groups excluding carboxylic acids is 1. The van der Waals surface area contributed by atoms with Crippen LogP contribution in [0.15, 0.2) is 0 Å². The molecule has 2 fully saturated rings. The summed E-state index contributed by atoms with van der Waals surface area (Å²) in [5.41, 5.74) is 1.96. The van der Waals surface area contributed by atoms with Gasteiger partial charge in [-0.1, -0.05) is 25.1 Å². The Balaban J connectivity index is 1.58. The van der Waals surface area contributed by atoms with Crippen molar-refractivity contribution in [3.63, 3.8) is 0 Å². The van der Waals surface area contributed by atoms with Crippen molar-refractivity contribution in [3.05, 3.63) is 16.7 Å². The Labute approximate surface area is 181 Å². The van der Waals surface area contributed by atoms with E-state index in [4.69, 9.17) is 18.9 Å². The molecule has 4 aliphatic rings. The molecule has 0 aromatic heterocycles. The third kappa shape index (κ3) is 3.59. The minimum Gasteiger partial charge on any atom is -0.507 e. The van der Waals surface area contributed by atoms with Crippen molar-refractivity contribution in [1.82, 2.24) is 0 Å². The molecule has 0 radical (unpaired) electrons. The molecule has 0 amide bonds. The van der Waals surface area contributed by atoms with Gasteiger partial charge in [-0.15, -0.1) is 0 Å². The third-order valence-electron chi connectivity index (χ3n) is 6.68. The number of ether oxygens (including phenoxy) is 4. The van der Waals surface area contributed by atoms with Gasteiger partial charge in [0, 0.05) is 28.7 Å². The standard InChI is InChI=1S/C23H30O6S/c1-2-3-10-30-21(25)17-18(24)15-11-13-6-4-8-26-22(13)28-19(15)16-12-14-7-5-9-27-23(14)29-20(16)17/h13-14,22-24H,2-12H2,1H3. The Morgan fingerprint density at radius 2 is 1.63 bits per heavy atom. The summed E-state index contributed by atoms with van der Waals surface area (Å²) in [7, 11) is 0. The summed E-state index contributed by atoms with van der Waals surface area (Å²) >= 11 is 1.26. The van der Waals surface area contributed by atoms with Gasteiger partial charge in [0.2, 0.25) is 17.7 Å². The summed E-state index contributed by atoms with van der Waals surface area (Å²) in [4.78, 5) is 13.2. The van der Waals surface area contributed by atoms with Gasteiger partial charge >= 0.3 is 0 Å². The quantitative estimate of drug-likeness (QED) is 0.702. The maximum atomic E-state index is 13.2. The highest BCUT2D eigenvalue weighted by molar-refractivity contribution is 8.14. The highest BCUT2D eigenvalue weighted by Gasteiger charge is 2.43. The molecule has 0 aliphatic carbocycles. The van der Waals surface area contributed by atoms with Crippen molar-refractivity contribution < 1.29 is 28.8 Å². The van der Waals surface area contributed by atoms with Gasteiger partial charge in [0.15, 0.2) is 0 Å². The van der Waals surface area contributed by atoms with Crippen molar-refractivity contribution in [2.45, 2.75) is 70.9 Å². The predicted molar refractivity (Wildman–Crippen MR) is 113 cm³/mol. The Kier molecular flexibility index (Phi) is 5.86. The van der Waals surface area contributed by atoms with Crippen LogP contribution in [-0.2, 0) is 22.3 Å². The lowest BCUT2D eigenvalue weighted by Gasteiger charge is -2.42. The van der Waals surface area contributed by atoms with Crippen LogP contribution in [0.1, 0.15) is 66.9 Å². The largest absolute Gasteiger partial charge is 0.507 e. The van der Waals surface area contributed by atoms with Crippen LogP contribution >= 0.6 is 11.8 Å². The minimum atomic E-state index is -0.363. The van der Waals surface area contributed by atoms with E-state index in [9.17, 15) is 9.90 Å². The predicted octanol–water partition coefficient (Wildman–Crippen LogP) is 4.44. The molecule has 164 valence electrons. The molecule has 1 N–H and O–H groups in total. The molecule has 6 nitrogen and oxygen atoms in total. The maximum Gasteiger partial charge on any atom is 0.226 e. The normalized spacial score (nSPS) is 29.5. The number of rotatable bonds is 4. The van der Waals surface area contributed by atoms with Crippen molar-refractivity contribution in [1.29, 1.82) is 0 Å². The van der Waals surface area contributed by atoms with Crippen LogP contribution in [0.25, 0.3) is 0 Å². The summed E-state index contributed by atoms with van der Waals surface area (Å²) < 4.78 is 24.3. The second kappa shape index (κ2) is 8.60. The van der Waals surface area contributed by atoms with Crippen LogP contribution in [0.2, 0.25) is 0 Å². The molecule has 1 aromatic carbocycles. The average Bonchev–Trinajstić information content (AvgIpc) is 2.77. The second-order valence-corrected chi connectivity index (χ2v) is 9.82. The van der Waals surface area contributed by atoms with Crippen LogP contribution in [0.5, 0.6) is 17.2 Å². The lowest BCUT2D eigenvalue weighted by molar-refractivity contribution is -0.156. The fourth-order valence-electron chi connectivity index (χ4n) is 5.07. The van der Waals surface area contributed by atoms with Crippen molar-refractivity contribution >= 4 is 16.9 Å². The number of phenolic OH excluding ortho intramolecular Hbond substituents is 1. The first kappa shape index (κ1) is 20.5. The minimum absolute atomic E-state index is 0.0241. The van der Waals surface area contributed by atoms with E-state index >= 15 is 0 Å². The number of phenols is 1. The van der Waals surface area contributed by atoms with E-state index in [1.807, 2.05) is 0 Å². The van der Waals surface area contributed by atoms with Crippen LogP contribution in [0.4, 0.5) is 0 Å². The molecule has 0 spiro atoms. The number of hydrogen-bond donors (Lipinski definition) is 1. The van der Waals surface area contributed by atoms with Crippen LogP contribution in [-0.4, -0.2) is 41.8 Å². The molecule has 2 saturated heterocycles. The molecule has 4 unspecified atom stereocenters. The SMILES string of the molecule is CCCCSC(=O)c1c(O)c2c(c3c1OC1OCCCC1C3)OC1OCCCC1C2. The van der Waals surface area contributed by atoms with Gasteiger partial charge in [0.1, 0.15) is 22.8 Å². The van der Waals surface area contributed by atoms with E-state index < -0.39 is 0 Å². The van der Waals surface area contributed by atoms with Gasteiger partial charge in [0.05, 0.1) is 13.2 Å². The van der Waals surface area contributed by atoms with Crippen LogP contribution in [0.3, 0.4) is 0 Å². The lowest BCUT2D eigenvalue weighted by Crippen LogP contribution is -2.42. The van der Waals surface area contributed by atoms with Crippen molar-refractivity contribution in [3.8, 4) is 17.2 Å². The summed E-state index contributed by atoms with van der Waals surface area (Å²) in [5.74, 6) is 2.34. The molecule has 1 aromatic rings. The topological polar surface area (TPSA) is 74.2 Å². The summed E-state index contributed by atoms with van der Waals surface area (Å²) in [6.45, 7) is 3.47. The molecule has 0 saturated carbocycles. The first-order valence-corrected chi connectivity index (χ1v) is 12.3. The summed E-state index contributed by atoms with van der Waals surface area (Å²) in [6, 6.07) is 0. The first-order chi connectivity index (χ1) is 14.7. The summed E-state index contributed by atoms with van der Waals surface area (Å²) in [5, 5.41) is 11.1. The molecule has 5 rings (SSSR count). The third-order valence-corrected chi connectivity index (χ3v) is 7.64. The second-order valence-electron chi connectivity index (χ2n) is 8.76. The molecule has 4 aliphatic heterocycles. The molecule has 0 bridgehead atoms. The highest BCUT2D eigenvalue weighted by Crippen LogP contribution is 2.53. The fraction of sp³-hybridized carbons (Fsp3) is 0.696. The number of benzene rings is 1. The van der Waals surface area contributed by atoms with E-state index in [0.717, 1.165) is 61.8 Å². The number of fused-ring (bicyclic) bond motifs is 5. The summed E-state index contributed by atoms with van der Waals surface area (Å²) in [6.07, 6.45) is 6.78. The van der Waals surface area contributed by atoms with Gasteiger partial charge in [-0.2, -0.15) is 0 Å². The van der Waals surface area contributed by atoms with E-state index in [0.29, 0.717) is 36.7 Å². The molecule has 4 atom stereocenters. The molecule has 4 heterocycles. The zero-order chi connectivity index (χ0) is 20.7. The lowest BCUT2D eigenvalue weighted by atomic mass is 9.83. The van der Waals surface area contributed by atoms with Crippen molar-refractivity contribution in [2.24, 2.45) is 11.8 Å². The van der Waals surface area contributed by atoms with E-state index in [-0.39, 0.29) is 35.3 Å². The van der Waals surface area contributed by atoms with Crippen LogP contribution < -0.4 is 9.47 Å². The molecule has 7 heteroatoms. The Morgan fingerprint density at radius 1 is 1.00 bits per heavy atom. The van der Waals surface area contributed by atoms with Crippen molar-refractivity contribution in [2.75, 3.05) is 19.0 Å². The smallest absolute Gasteiger partial charge is 0.226 e. The van der Waals surface area contributed by atoms with E-state index in [2.05, 4.69) is 6.92 Å². The average molecular weight is 435 g/mol. The Morgan fingerprint density at radius 3 is 2.30 bits per heavy atom. The van der Waals surface area contributed by atoms with Gasteiger partial charge in [-0.3, -0.25) is 4.79 Å². The zero-order valence-corrected chi connectivity index (χ0v) is 18.3. The molecule has 30 heavy (non-hydrogen) atoms. The molecular weight excluding hydrogens is 404 g/mol.